The van der Waals surface area contributed by atoms with Crippen molar-refractivity contribution in [3.05, 3.63) is 0 Å². The van der Waals surface area contributed by atoms with Gasteiger partial charge in [-0.1, -0.05) is 11.8 Å². The van der Waals surface area contributed by atoms with Gasteiger partial charge in [0.25, 0.3) is 5.91 Å². The Morgan fingerprint density at radius 2 is 2.19 bits per heavy atom. The molecule has 0 aromatic heterocycles. The maximum Gasteiger partial charge on any atom is 0.325 e. The molecule has 5 N–H and O–H groups in total. The van der Waals surface area contributed by atoms with E-state index in [0.717, 1.165) is 4.90 Å². The van der Waals surface area contributed by atoms with Crippen LogP contribution in [0.25, 0.3) is 0 Å². The van der Waals surface area contributed by atoms with Gasteiger partial charge in [0.05, 0.1) is 0 Å². The number of imide groups is 1. The van der Waals surface area contributed by atoms with Crippen LogP contribution in [-0.2, 0) is 4.79 Å². The van der Waals surface area contributed by atoms with E-state index in [1.807, 2.05) is 0 Å². The summed E-state index contributed by atoms with van der Waals surface area (Å²) in [5.41, 5.74) is 4.54. The number of rotatable bonds is 3. The zero-order chi connectivity index (χ0) is 12.3. The van der Waals surface area contributed by atoms with Crippen LogP contribution < -0.4 is 16.9 Å². The molecule has 0 atom stereocenters. The molecule has 3 amide bonds. The lowest BCUT2D eigenvalue weighted by Gasteiger charge is -2.15. The second kappa shape index (κ2) is 4.60. The second-order valence-corrected chi connectivity index (χ2v) is 4.94. The molecule has 0 aromatic rings. The Bertz CT molecular complexity index is 341. The third kappa shape index (κ3) is 2.57. The molecule has 16 heavy (non-hydrogen) atoms. The zero-order valence-corrected chi connectivity index (χ0v) is 10.0. The standard InChI is InChI=1S/C8H15N5O2S/c1-8(2)5(14)13(7(15)11-8)3-4-16-6(9)12-10/h3-4,10H2,1-2H3,(H2,9,12)(H,11,15). The quantitative estimate of drug-likeness (QED) is 0.199. The van der Waals surface area contributed by atoms with E-state index < -0.39 is 5.54 Å². The third-order valence-corrected chi connectivity index (χ3v) is 2.92. The fourth-order valence-corrected chi connectivity index (χ4v) is 1.86. The number of hydrogen-bond donors (Lipinski definition) is 3. The van der Waals surface area contributed by atoms with Crippen LogP contribution in [0, 0.1) is 0 Å². The van der Waals surface area contributed by atoms with Crippen LogP contribution in [0.4, 0.5) is 4.79 Å². The van der Waals surface area contributed by atoms with Crippen molar-refractivity contribution in [3.8, 4) is 0 Å². The Balaban J connectivity index is 2.50. The number of amides is 3. The van der Waals surface area contributed by atoms with Crippen molar-refractivity contribution < 1.29 is 9.59 Å². The summed E-state index contributed by atoms with van der Waals surface area (Å²) in [7, 11) is 0. The smallest absolute Gasteiger partial charge is 0.325 e. The van der Waals surface area contributed by atoms with Crippen LogP contribution >= 0.6 is 11.8 Å². The van der Waals surface area contributed by atoms with Crippen LogP contribution in [0.5, 0.6) is 0 Å². The first-order valence-electron chi connectivity index (χ1n) is 4.68. The van der Waals surface area contributed by atoms with E-state index in [1.54, 1.807) is 13.8 Å². The van der Waals surface area contributed by atoms with Gasteiger partial charge >= 0.3 is 6.03 Å². The highest BCUT2D eigenvalue weighted by molar-refractivity contribution is 8.13. The number of carbonyl (C=O) groups is 2. The predicted molar refractivity (Wildman–Crippen MR) is 62.6 cm³/mol. The minimum absolute atomic E-state index is 0.228. The largest absolute Gasteiger partial charge is 0.377 e. The predicted octanol–water partition coefficient (Wildman–Crippen LogP) is -0.762. The summed E-state index contributed by atoms with van der Waals surface area (Å²) < 4.78 is 0. The first-order valence-corrected chi connectivity index (χ1v) is 5.67. The summed E-state index contributed by atoms with van der Waals surface area (Å²) in [6.45, 7) is 3.61. The molecule has 0 radical (unpaired) electrons. The van der Waals surface area contributed by atoms with E-state index in [2.05, 4.69) is 10.4 Å². The topological polar surface area (TPSA) is 114 Å². The molecule has 1 aliphatic rings. The molecule has 1 aliphatic heterocycles. The Labute approximate surface area is 97.6 Å². The Hall–Kier alpha value is -1.44. The molecule has 1 heterocycles. The minimum Gasteiger partial charge on any atom is -0.377 e. The molecule has 0 unspecified atom stereocenters. The van der Waals surface area contributed by atoms with Crippen molar-refractivity contribution in [1.29, 1.82) is 0 Å². The number of hydrazone groups is 1. The highest BCUT2D eigenvalue weighted by Gasteiger charge is 2.43. The number of nitrogens with one attached hydrogen (secondary N) is 1. The van der Waals surface area contributed by atoms with Crippen molar-refractivity contribution in [1.82, 2.24) is 10.2 Å². The van der Waals surface area contributed by atoms with Crippen molar-refractivity contribution in [2.75, 3.05) is 12.3 Å². The van der Waals surface area contributed by atoms with Crippen LogP contribution in [0.3, 0.4) is 0 Å². The minimum atomic E-state index is -0.824. The van der Waals surface area contributed by atoms with Gasteiger partial charge in [-0.15, -0.1) is 0 Å². The zero-order valence-electron chi connectivity index (χ0n) is 9.19. The van der Waals surface area contributed by atoms with Crippen molar-refractivity contribution in [2.24, 2.45) is 16.7 Å². The molecule has 7 nitrogen and oxygen atoms in total. The highest BCUT2D eigenvalue weighted by Crippen LogP contribution is 2.16. The molecule has 0 bridgehead atoms. The Kier molecular flexibility index (Phi) is 3.63. The summed E-state index contributed by atoms with van der Waals surface area (Å²) >= 11 is 1.20. The van der Waals surface area contributed by atoms with E-state index in [4.69, 9.17) is 11.6 Å². The summed E-state index contributed by atoms with van der Waals surface area (Å²) in [5, 5.41) is 6.09. The van der Waals surface area contributed by atoms with Gasteiger partial charge < -0.3 is 16.9 Å². The molecular formula is C8H15N5O2S. The van der Waals surface area contributed by atoms with Crippen molar-refractivity contribution in [3.63, 3.8) is 0 Å². The fraction of sp³-hybridized carbons (Fsp3) is 0.625. The Morgan fingerprint density at radius 3 is 2.62 bits per heavy atom. The average molecular weight is 245 g/mol. The van der Waals surface area contributed by atoms with E-state index in [-0.39, 0.29) is 23.7 Å². The summed E-state index contributed by atoms with van der Waals surface area (Å²) in [4.78, 5) is 24.3. The Morgan fingerprint density at radius 1 is 1.56 bits per heavy atom. The SMILES string of the molecule is CC1(C)NC(=O)N(CCSC(N)=NN)C1=O. The normalized spacial score (nSPS) is 20.1. The van der Waals surface area contributed by atoms with E-state index in [9.17, 15) is 9.59 Å². The van der Waals surface area contributed by atoms with E-state index in [1.165, 1.54) is 11.8 Å². The van der Waals surface area contributed by atoms with Crippen molar-refractivity contribution >= 4 is 28.9 Å². The molecule has 1 rings (SSSR count). The van der Waals surface area contributed by atoms with Gasteiger partial charge in [0, 0.05) is 12.3 Å². The van der Waals surface area contributed by atoms with Gasteiger partial charge in [-0.2, -0.15) is 5.10 Å². The van der Waals surface area contributed by atoms with Crippen molar-refractivity contribution in [2.45, 2.75) is 19.4 Å². The lowest BCUT2D eigenvalue weighted by molar-refractivity contribution is -0.130. The monoisotopic (exact) mass is 245 g/mol. The van der Waals surface area contributed by atoms with Gasteiger partial charge in [0.1, 0.15) is 5.54 Å². The molecule has 0 aromatic carbocycles. The second-order valence-electron chi connectivity index (χ2n) is 3.83. The van der Waals surface area contributed by atoms with Crippen LogP contribution in [0.2, 0.25) is 0 Å². The first kappa shape index (κ1) is 12.6. The highest BCUT2D eigenvalue weighted by atomic mass is 32.2. The van der Waals surface area contributed by atoms with E-state index in [0.29, 0.717) is 5.75 Å². The number of urea groups is 1. The lowest BCUT2D eigenvalue weighted by Crippen LogP contribution is -2.40. The molecule has 0 saturated carbocycles. The van der Waals surface area contributed by atoms with Gasteiger partial charge in [-0.25, -0.2) is 4.79 Å². The summed E-state index contributed by atoms with van der Waals surface area (Å²) in [6, 6.07) is -0.376. The van der Waals surface area contributed by atoms with Crippen LogP contribution in [0.1, 0.15) is 13.8 Å². The maximum atomic E-state index is 11.7. The number of carbonyl (C=O) groups excluding carboxylic acids is 2. The number of amidine groups is 1. The number of nitrogens with two attached hydrogens (primary N) is 2. The first-order chi connectivity index (χ1) is 7.38. The third-order valence-electron chi connectivity index (χ3n) is 2.14. The van der Waals surface area contributed by atoms with Gasteiger partial charge in [-0.05, 0) is 13.8 Å². The lowest BCUT2D eigenvalue weighted by atomic mass is 10.1. The molecule has 90 valence electrons. The molecule has 0 spiro atoms. The molecule has 8 heteroatoms. The maximum absolute atomic E-state index is 11.7. The van der Waals surface area contributed by atoms with E-state index >= 15 is 0 Å². The number of thioether (sulfide) groups is 1. The summed E-state index contributed by atoms with van der Waals surface area (Å²) in [6.07, 6.45) is 0. The number of hydrogen-bond acceptors (Lipinski definition) is 5. The molecule has 1 saturated heterocycles. The molecule has 0 aliphatic carbocycles. The molecule has 1 fully saturated rings. The van der Waals surface area contributed by atoms with Gasteiger partial charge in [0.15, 0.2) is 5.17 Å². The van der Waals surface area contributed by atoms with Gasteiger partial charge in [-0.3, -0.25) is 9.69 Å². The molecular weight excluding hydrogens is 230 g/mol. The fourth-order valence-electron chi connectivity index (χ4n) is 1.30. The van der Waals surface area contributed by atoms with Gasteiger partial charge in [0.2, 0.25) is 0 Å². The van der Waals surface area contributed by atoms with Crippen LogP contribution in [-0.4, -0.2) is 39.8 Å². The number of nitrogens with zero attached hydrogens (tertiary/aromatic N) is 2. The van der Waals surface area contributed by atoms with Crippen LogP contribution in [0.15, 0.2) is 5.10 Å². The summed E-state index contributed by atoms with van der Waals surface area (Å²) in [5.74, 6) is 5.19. The average Bonchev–Trinajstić information content (AvgIpc) is 2.39.